The Bertz CT molecular complexity index is 883. The number of hydrogen-bond acceptors (Lipinski definition) is 5. The van der Waals surface area contributed by atoms with Crippen LogP contribution < -0.4 is 19.7 Å². The zero-order valence-electron chi connectivity index (χ0n) is 13.5. The number of nitrogens with one attached hydrogen (secondary N) is 1. The molecule has 0 unspecified atom stereocenters. The van der Waals surface area contributed by atoms with Crippen LogP contribution in [-0.4, -0.2) is 24.6 Å². The van der Waals surface area contributed by atoms with Crippen molar-refractivity contribution >= 4 is 40.7 Å². The zero-order valence-corrected chi connectivity index (χ0v) is 15.0. The smallest absolute Gasteiger partial charge is 0.251 e. The fourth-order valence-corrected chi connectivity index (χ4v) is 3.54. The second-order valence-corrected chi connectivity index (χ2v) is 6.89. The Morgan fingerprint density at radius 3 is 2.54 bits per heavy atom. The van der Waals surface area contributed by atoms with Crippen LogP contribution in [0, 0.1) is 0 Å². The summed E-state index contributed by atoms with van der Waals surface area (Å²) in [7, 11) is 0. The molecule has 2 aliphatic rings. The van der Waals surface area contributed by atoms with Gasteiger partial charge < -0.3 is 14.8 Å². The van der Waals surface area contributed by atoms with E-state index in [1.807, 2.05) is 18.2 Å². The Morgan fingerprint density at radius 1 is 1.04 bits per heavy atom. The predicted molar refractivity (Wildman–Crippen MR) is 96.8 cm³/mol. The molecule has 2 aliphatic heterocycles. The Morgan fingerprint density at radius 2 is 1.77 bits per heavy atom. The second kappa shape index (κ2) is 6.79. The maximum atomic E-state index is 12.7. The monoisotopic (exact) mass is 392 g/mol. The summed E-state index contributed by atoms with van der Waals surface area (Å²) in [6.07, 6.45) is 0.0769. The van der Waals surface area contributed by atoms with Crippen LogP contribution >= 0.6 is 23.2 Å². The molecular formula is C18H14Cl2N2O4. The predicted octanol–water partition coefficient (Wildman–Crippen LogP) is 3.14. The Balaban J connectivity index is 1.47. The molecule has 0 spiro atoms. The lowest BCUT2D eigenvalue weighted by atomic mass is 10.1. The molecule has 0 aromatic heterocycles. The van der Waals surface area contributed by atoms with Crippen molar-refractivity contribution in [3.63, 3.8) is 0 Å². The number of fused-ring (bicyclic) bond motifs is 1. The maximum Gasteiger partial charge on any atom is 0.251 e. The lowest BCUT2D eigenvalue weighted by molar-refractivity contribution is -0.121. The molecule has 2 aromatic carbocycles. The number of rotatable bonds is 4. The second-order valence-electron chi connectivity index (χ2n) is 6.02. The van der Waals surface area contributed by atoms with Gasteiger partial charge in [-0.25, -0.2) is 4.90 Å². The number of halogens is 2. The van der Waals surface area contributed by atoms with Gasteiger partial charge in [0.25, 0.3) is 5.91 Å². The van der Waals surface area contributed by atoms with E-state index in [1.54, 1.807) is 18.2 Å². The van der Waals surface area contributed by atoms with E-state index in [0.717, 1.165) is 10.5 Å². The molecule has 2 aromatic rings. The Hall–Kier alpha value is -2.28. The van der Waals surface area contributed by atoms with Crippen LogP contribution in [0.5, 0.6) is 11.5 Å². The van der Waals surface area contributed by atoms with Gasteiger partial charge in [-0.1, -0.05) is 29.3 Å². The van der Waals surface area contributed by atoms with Gasteiger partial charge in [-0.15, -0.1) is 0 Å². The number of anilines is 1. The van der Waals surface area contributed by atoms with E-state index < -0.39 is 6.04 Å². The third-order valence-electron chi connectivity index (χ3n) is 4.24. The molecule has 0 radical (unpaired) electrons. The molecule has 4 rings (SSSR count). The molecule has 6 nitrogen and oxygen atoms in total. The van der Waals surface area contributed by atoms with Gasteiger partial charge in [0.1, 0.15) is 0 Å². The molecule has 1 fully saturated rings. The fraction of sp³-hybridized carbons (Fsp3) is 0.222. The summed E-state index contributed by atoms with van der Waals surface area (Å²) in [5, 5.41) is 3.86. The van der Waals surface area contributed by atoms with Crippen LogP contribution in [0.25, 0.3) is 0 Å². The Kier molecular flexibility index (Phi) is 4.48. The number of imide groups is 1. The van der Waals surface area contributed by atoms with Gasteiger partial charge in [0.2, 0.25) is 12.7 Å². The average Bonchev–Trinajstić information content (AvgIpc) is 3.15. The van der Waals surface area contributed by atoms with Crippen LogP contribution in [0.1, 0.15) is 12.0 Å². The van der Waals surface area contributed by atoms with Gasteiger partial charge in [-0.3, -0.25) is 9.59 Å². The lowest BCUT2D eigenvalue weighted by Gasteiger charge is -2.16. The largest absolute Gasteiger partial charge is 0.454 e. The summed E-state index contributed by atoms with van der Waals surface area (Å²) in [6.45, 7) is 0.628. The van der Waals surface area contributed by atoms with E-state index in [0.29, 0.717) is 33.8 Å². The summed E-state index contributed by atoms with van der Waals surface area (Å²) < 4.78 is 10.6. The molecule has 26 heavy (non-hydrogen) atoms. The van der Waals surface area contributed by atoms with Gasteiger partial charge in [-0.05, 0) is 35.9 Å². The number of carbonyl (C=O) groups excluding carboxylic acids is 2. The van der Waals surface area contributed by atoms with Crippen LogP contribution in [-0.2, 0) is 16.1 Å². The first kappa shape index (κ1) is 17.1. The quantitative estimate of drug-likeness (QED) is 0.809. The molecule has 8 heteroatoms. The van der Waals surface area contributed by atoms with E-state index in [9.17, 15) is 9.59 Å². The van der Waals surface area contributed by atoms with Crippen molar-refractivity contribution in [1.29, 1.82) is 0 Å². The minimum Gasteiger partial charge on any atom is -0.454 e. The van der Waals surface area contributed by atoms with Crippen molar-refractivity contribution in [2.75, 3.05) is 11.7 Å². The van der Waals surface area contributed by atoms with Crippen LogP contribution in [0.4, 0.5) is 5.69 Å². The van der Waals surface area contributed by atoms with Gasteiger partial charge in [-0.2, -0.15) is 0 Å². The van der Waals surface area contributed by atoms with E-state index in [-0.39, 0.29) is 25.0 Å². The molecule has 2 heterocycles. The first-order chi connectivity index (χ1) is 12.5. The van der Waals surface area contributed by atoms with E-state index >= 15 is 0 Å². The maximum absolute atomic E-state index is 12.7. The number of ether oxygens (including phenoxy) is 2. The third-order valence-corrected chi connectivity index (χ3v) is 4.68. The van der Waals surface area contributed by atoms with Gasteiger partial charge in [0, 0.05) is 16.6 Å². The number of amides is 2. The highest BCUT2D eigenvalue weighted by Gasteiger charge is 2.39. The SMILES string of the molecule is O=C1C[C@H](NCc2ccc3c(c2)OCO3)C(=O)N1c1cc(Cl)cc(Cl)c1. The zero-order chi connectivity index (χ0) is 18.3. The first-order valence-corrected chi connectivity index (χ1v) is 8.71. The third kappa shape index (κ3) is 3.23. The summed E-state index contributed by atoms with van der Waals surface area (Å²) >= 11 is 12.0. The normalized spacial score (nSPS) is 18.7. The van der Waals surface area contributed by atoms with Crippen molar-refractivity contribution in [1.82, 2.24) is 5.32 Å². The van der Waals surface area contributed by atoms with Crippen LogP contribution in [0.15, 0.2) is 36.4 Å². The number of benzene rings is 2. The minimum absolute atomic E-state index is 0.0769. The number of nitrogens with zero attached hydrogens (tertiary/aromatic N) is 1. The van der Waals surface area contributed by atoms with E-state index in [1.165, 1.54) is 0 Å². The molecule has 0 aliphatic carbocycles. The summed E-state index contributed by atoms with van der Waals surface area (Å²) in [4.78, 5) is 26.1. The Labute approximate surface area is 159 Å². The summed E-state index contributed by atoms with van der Waals surface area (Å²) in [5.41, 5.74) is 1.31. The van der Waals surface area contributed by atoms with Crippen molar-refractivity contribution < 1.29 is 19.1 Å². The molecule has 1 atom stereocenters. The van der Waals surface area contributed by atoms with Crippen LogP contribution in [0.3, 0.4) is 0 Å². The lowest BCUT2D eigenvalue weighted by Crippen LogP contribution is -2.38. The standard InChI is InChI=1S/C18H14Cl2N2O4/c19-11-4-12(20)6-13(5-11)22-17(23)7-14(18(22)24)21-8-10-1-2-15-16(3-10)26-9-25-15/h1-6,14,21H,7-9H2/t14-/m0/s1. The fourth-order valence-electron chi connectivity index (χ4n) is 3.02. The summed E-state index contributed by atoms with van der Waals surface area (Å²) in [6, 6.07) is 9.59. The van der Waals surface area contributed by atoms with Crippen molar-refractivity contribution in [3.8, 4) is 11.5 Å². The topological polar surface area (TPSA) is 67.9 Å². The van der Waals surface area contributed by atoms with Gasteiger partial charge >= 0.3 is 0 Å². The van der Waals surface area contributed by atoms with Crippen molar-refractivity contribution in [3.05, 3.63) is 52.0 Å². The molecular weight excluding hydrogens is 379 g/mol. The van der Waals surface area contributed by atoms with Gasteiger partial charge in [0.15, 0.2) is 11.5 Å². The minimum atomic E-state index is -0.606. The molecule has 1 N–H and O–H groups in total. The number of hydrogen-bond donors (Lipinski definition) is 1. The van der Waals surface area contributed by atoms with Crippen molar-refractivity contribution in [2.45, 2.75) is 19.0 Å². The molecule has 0 saturated carbocycles. The first-order valence-electron chi connectivity index (χ1n) is 7.96. The molecule has 134 valence electrons. The van der Waals surface area contributed by atoms with Gasteiger partial charge in [0.05, 0.1) is 18.2 Å². The molecule has 1 saturated heterocycles. The molecule has 2 amide bonds. The van der Waals surface area contributed by atoms with Crippen molar-refractivity contribution in [2.24, 2.45) is 0 Å². The van der Waals surface area contributed by atoms with E-state index in [4.69, 9.17) is 32.7 Å². The van der Waals surface area contributed by atoms with E-state index in [2.05, 4.69) is 5.32 Å². The highest BCUT2D eigenvalue weighted by molar-refractivity contribution is 6.35. The highest BCUT2D eigenvalue weighted by Crippen LogP contribution is 2.33. The number of carbonyl (C=O) groups is 2. The molecule has 0 bridgehead atoms. The summed E-state index contributed by atoms with van der Waals surface area (Å²) in [5.74, 6) is 0.754. The van der Waals surface area contributed by atoms with Crippen LogP contribution in [0.2, 0.25) is 10.0 Å². The highest BCUT2D eigenvalue weighted by atomic mass is 35.5. The average molecular weight is 393 g/mol.